The lowest BCUT2D eigenvalue weighted by atomic mass is 9.97. The number of piperidine rings is 2. The molecule has 5 rings (SSSR count). The highest BCUT2D eigenvalue weighted by Crippen LogP contribution is 2.31. The van der Waals surface area contributed by atoms with Crippen molar-refractivity contribution in [2.75, 3.05) is 7.05 Å². The minimum atomic E-state index is -0.925. The summed E-state index contributed by atoms with van der Waals surface area (Å²) in [5, 5.41) is 5.88. The van der Waals surface area contributed by atoms with Crippen molar-refractivity contribution in [1.29, 1.82) is 0 Å². The number of fused-ring (bicyclic) bond motifs is 3. The average Bonchev–Trinajstić information content (AvgIpc) is 3.18. The summed E-state index contributed by atoms with van der Waals surface area (Å²) in [7, 11) is 2.12. The van der Waals surface area contributed by atoms with E-state index in [0.29, 0.717) is 35.8 Å². The Morgan fingerprint density at radius 3 is 2.40 bits per heavy atom. The van der Waals surface area contributed by atoms with Gasteiger partial charge in [-0.05, 0) is 56.8 Å². The third kappa shape index (κ3) is 3.24. The lowest BCUT2D eigenvalue weighted by Crippen LogP contribution is -2.54. The maximum Gasteiger partial charge on any atom is 0.262 e. The monoisotopic (exact) mass is 410 g/mol. The fourth-order valence-electron chi connectivity index (χ4n) is 5.42. The third-order valence-electron chi connectivity index (χ3n) is 7.01. The Morgan fingerprint density at radius 1 is 1.00 bits per heavy atom. The molecule has 0 aromatic heterocycles. The number of nitrogens with zero attached hydrogens (tertiary/aromatic N) is 2. The maximum atomic E-state index is 13.0. The zero-order valence-electron chi connectivity index (χ0n) is 17.0. The fourth-order valence-corrected chi connectivity index (χ4v) is 5.42. The molecule has 2 unspecified atom stereocenters. The first-order valence-corrected chi connectivity index (χ1v) is 10.7. The molecular formula is C22H26N4O4. The molecule has 8 nitrogen and oxygen atoms in total. The summed E-state index contributed by atoms with van der Waals surface area (Å²) in [4.78, 5) is 52.8. The van der Waals surface area contributed by atoms with Gasteiger partial charge in [0.1, 0.15) is 6.04 Å². The number of rotatable bonds is 4. The van der Waals surface area contributed by atoms with E-state index in [1.165, 1.54) is 12.8 Å². The number of carbonyl (C=O) groups is 4. The van der Waals surface area contributed by atoms with E-state index in [-0.39, 0.29) is 18.7 Å². The molecule has 3 saturated heterocycles. The van der Waals surface area contributed by atoms with Gasteiger partial charge in [0.15, 0.2) is 0 Å². The van der Waals surface area contributed by atoms with E-state index in [9.17, 15) is 19.2 Å². The van der Waals surface area contributed by atoms with Crippen molar-refractivity contribution in [3.8, 4) is 0 Å². The van der Waals surface area contributed by atoms with Crippen molar-refractivity contribution in [1.82, 2.24) is 20.4 Å². The zero-order chi connectivity index (χ0) is 21.0. The molecule has 3 fully saturated rings. The largest absolute Gasteiger partial charge is 0.311 e. The number of nitrogens with one attached hydrogen (secondary N) is 2. The third-order valence-corrected chi connectivity index (χ3v) is 7.01. The van der Waals surface area contributed by atoms with Crippen LogP contribution in [0.2, 0.25) is 0 Å². The highest BCUT2D eigenvalue weighted by Gasteiger charge is 2.44. The van der Waals surface area contributed by atoms with E-state index in [1.807, 2.05) is 6.07 Å². The molecule has 0 spiro atoms. The first-order valence-electron chi connectivity index (χ1n) is 10.7. The molecular weight excluding hydrogens is 384 g/mol. The SMILES string of the molecule is CN(Cc1ccc2c(c1)C(=O)N(C1CCC(=O)NC1=O)C2=O)C1C[C@H]2CC[C@@H](C1)N2. The van der Waals surface area contributed by atoms with Crippen molar-refractivity contribution < 1.29 is 19.2 Å². The van der Waals surface area contributed by atoms with Gasteiger partial charge in [-0.1, -0.05) is 6.07 Å². The van der Waals surface area contributed by atoms with Crippen LogP contribution >= 0.6 is 0 Å². The van der Waals surface area contributed by atoms with Crippen molar-refractivity contribution in [2.24, 2.45) is 0 Å². The second kappa shape index (κ2) is 7.28. The zero-order valence-corrected chi connectivity index (χ0v) is 17.0. The van der Waals surface area contributed by atoms with Crippen molar-refractivity contribution in [2.45, 2.75) is 69.2 Å². The van der Waals surface area contributed by atoms with Gasteiger partial charge in [-0.3, -0.25) is 34.3 Å². The van der Waals surface area contributed by atoms with E-state index in [2.05, 4.69) is 22.6 Å². The van der Waals surface area contributed by atoms with Gasteiger partial charge in [0.05, 0.1) is 11.1 Å². The maximum absolute atomic E-state index is 13.0. The summed E-state index contributed by atoms with van der Waals surface area (Å²) in [6.07, 6.45) is 5.07. The molecule has 0 saturated carbocycles. The van der Waals surface area contributed by atoms with Gasteiger partial charge in [0.2, 0.25) is 11.8 Å². The van der Waals surface area contributed by atoms with Crippen LogP contribution in [0.3, 0.4) is 0 Å². The summed E-state index contributed by atoms with van der Waals surface area (Å²) in [5.41, 5.74) is 1.66. The minimum Gasteiger partial charge on any atom is -0.311 e. The van der Waals surface area contributed by atoms with Crippen LogP contribution in [0.1, 0.15) is 64.8 Å². The summed E-state index contributed by atoms with van der Waals surface area (Å²) in [6, 6.07) is 6.17. The summed E-state index contributed by atoms with van der Waals surface area (Å²) < 4.78 is 0. The van der Waals surface area contributed by atoms with Crippen molar-refractivity contribution in [3.05, 3.63) is 34.9 Å². The minimum absolute atomic E-state index is 0.123. The van der Waals surface area contributed by atoms with Crippen LogP contribution in [0, 0.1) is 0 Å². The first-order chi connectivity index (χ1) is 14.4. The number of benzene rings is 1. The summed E-state index contributed by atoms with van der Waals surface area (Å²) in [5.74, 6) is -1.86. The molecule has 4 aliphatic rings. The van der Waals surface area contributed by atoms with E-state index < -0.39 is 23.8 Å². The quantitative estimate of drug-likeness (QED) is 0.713. The van der Waals surface area contributed by atoms with Crippen LogP contribution in [-0.2, 0) is 16.1 Å². The first kappa shape index (κ1) is 19.4. The van der Waals surface area contributed by atoms with Crippen LogP contribution in [0.4, 0.5) is 0 Å². The van der Waals surface area contributed by atoms with Crippen molar-refractivity contribution in [3.63, 3.8) is 0 Å². The Bertz CT molecular complexity index is 933. The molecule has 1 aromatic rings. The molecule has 8 heteroatoms. The molecule has 4 amide bonds. The topological polar surface area (TPSA) is 98.8 Å². The molecule has 4 atom stereocenters. The van der Waals surface area contributed by atoms with Crippen LogP contribution < -0.4 is 10.6 Å². The molecule has 0 aliphatic carbocycles. The Kier molecular flexibility index (Phi) is 4.71. The molecule has 158 valence electrons. The second-order valence-electron chi connectivity index (χ2n) is 9.01. The van der Waals surface area contributed by atoms with Crippen LogP contribution in [0.25, 0.3) is 0 Å². The highest BCUT2D eigenvalue weighted by atomic mass is 16.2. The van der Waals surface area contributed by atoms with E-state index in [0.717, 1.165) is 23.3 Å². The predicted octanol–water partition coefficient (Wildman–Crippen LogP) is 0.803. The number of amides is 4. The van der Waals surface area contributed by atoms with Crippen LogP contribution in [0.15, 0.2) is 18.2 Å². The Hall–Kier alpha value is -2.58. The van der Waals surface area contributed by atoms with Gasteiger partial charge in [0.25, 0.3) is 11.8 Å². The van der Waals surface area contributed by atoms with Crippen LogP contribution in [-0.4, -0.2) is 64.6 Å². The molecule has 2 bridgehead atoms. The lowest BCUT2D eigenvalue weighted by molar-refractivity contribution is -0.136. The molecule has 4 heterocycles. The number of hydrogen-bond donors (Lipinski definition) is 2. The molecule has 30 heavy (non-hydrogen) atoms. The van der Waals surface area contributed by atoms with Gasteiger partial charge in [0, 0.05) is 31.1 Å². The second-order valence-corrected chi connectivity index (χ2v) is 9.01. The average molecular weight is 410 g/mol. The predicted molar refractivity (Wildman–Crippen MR) is 108 cm³/mol. The van der Waals surface area contributed by atoms with E-state index in [1.54, 1.807) is 12.1 Å². The van der Waals surface area contributed by atoms with Gasteiger partial charge in [-0.25, -0.2) is 0 Å². The van der Waals surface area contributed by atoms with Crippen molar-refractivity contribution >= 4 is 23.6 Å². The van der Waals surface area contributed by atoms with Gasteiger partial charge in [-0.15, -0.1) is 0 Å². The highest BCUT2D eigenvalue weighted by molar-refractivity contribution is 6.23. The smallest absolute Gasteiger partial charge is 0.262 e. The number of hydrogen-bond acceptors (Lipinski definition) is 6. The van der Waals surface area contributed by atoms with E-state index in [4.69, 9.17) is 0 Å². The molecule has 4 aliphatic heterocycles. The summed E-state index contributed by atoms with van der Waals surface area (Å²) in [6.45, 7) is 0.706. The molecule has 1 aromatic carbocycles. The lowest BCUT2D eigenvalue weighted by Gasteiger charge is -2.35. The Balaban J connectivity index is 1.32. The molecule has 2 N–H and O–H groups in total. The van der Waals surface area contributed by atoms with Gasteiger partial charge >= 0.3 is 0 Å². The number of carbonyl (C=O) groups excluding carboxylic acids is 4. The van der Waals surface area contributed by atoms with E-state index >= 15 is 0 Å². The normalized spacial score (nSPS) is 30.8. The Morgan fingerprint density at radius 2 is 1.70 bits per heavy atom. The fraction of sp³-hybridized carbons (Fsp3) is 0.545. The molecule has 0 radical (unpaired) electrons. The Labute approximate surface area is 175 Å². The van der Waals surface area contributed by atoms with Gasteiger partial charge < -0.3 is 5.32 Å². The standard InChI is InChI=1S/C22H26N4O4/c1-25(15-9-13-3-4-14(10-15)23-13)11-12-2-5-16-17(8-12)22(30)26(21(16)29)18-6-7-19(27)24-20(18)28/h2,5,8,13-15,18,23H,3-4,6-7,9-11H2,1H3,(H,24,27,28)/t13-,14+,15?,18?. The van der Waals surface area contributed by atoms with Crippen LogP contribution in [0.5, 0.6) is 0 Å². The summed E-state index contributed by atoms with van der Waals surface area (Å²) >= 11 is 0. The number of imide groups is 2. The van der Waals surface area contributed by atoms with Gasteiger partial charge in [-0.2, -0.15) is 0 Å².